The zero-order valence-electron chi connectivity index (χ0n) is 15.8. The molecule has 1 N–H and O–H groups in total. The molecule has 0 unspecified atom stereocenters. The van der Waals surface area contributed by atoms with E-state index in [0.29, 0.717) is 34.0 Å². The lowest BCUT2D eigenvalue weighted by Crippen LogP contribution is -2.28. The van der Waals surface area contributed by atoms with Crippen LogP contribution in [0.4, 0.5) is 17.1 Å². The average molecular weight is 415 g/mol. The first-order chi connectivity index (χ1) is 14.9. The van der Waals surface area contributed by atoms with Gasteiger partial charge in [0.05, 0.1) is 28.3 Å². The van der Waals surface area contributed by atoms with Crippen molar-refractivity contribution in [2.75, 3.05) is 10.2 Å². The van der Waals surface area contributed by atoms with E-state index in [9.17, 15) is 24.5 Å². The monoisotopic (exact) mass is 415 g/mol. The Hall–Kier alpha value is -4.53. The Morgan fingerprint density at radius 1 is 1.03 bits per heavy atom. The van der Waals surface area contributed by atoms with Gasteiger partial charge >= 0.3 is 0 Å². The fourth-order valence-corrected chi connectivity index (χ4v) is 3.69. The molecule has 0 bridgehead atoms. The zero-order valence-corrected chi connectivity index (χ0v) is 15.8. The third-order valence-corrected chi connectivity index (χ3v) is 5.16. The fraction of sp³-hybridized carbons (Fsp3) is 0.0455. The number of non-ortho nitro benzene ring substituents is 1. The lowest BCUT2D eigenvalue weighted by Gasteiger charge is -2.14. The van der Waals surface area contributed by atoms with E-state index in [4.69, 9.17) is 4.42 Å². The first-order valence-electron chi connectivity index (χ1n) is 9.28. The molecule has 0 aliphatic carbocycles. The number of Topliss-reactive ketones (excluding diaryl/α,β-unsaturated/α-hetero) is 1. The van der Waals surface area contributed by atoms with Crippen LogP contribution in [0, 0.1) is 10.1 Å². The molecule has 2 amide bonds. The summed E-state index contributed by atoms with van der Waals surface area (Å²) >= 11 is 0. The van der Waals surface area contributed by atoms with Crippen LogP contribution < -0.4 is 10.2 Å². The number of ketones is 1. The molecule has 0 atom stereocenters. The van der Waals surface area contributed by atoms with Gasteiger partial charge < -0.3 is 9.73 Å². The molecule has 5 rings (SSSR count). The number of fused-ring (bicyclic) bond motifs is 2. The summed E-state index contributed by atoms with van der Waals surface area (Å²) in [5, 5.41) is 13.7. The molecule has 152 valence electrons. The van der Waals surface area contributed by atoms with Gasteiger partial charge in [-0.05, 0) is 36.4 Å². The first-order valence-corrected chi connectivity index (χ1v) is 9.28. The van der Waals surface area contributed by atoms with Gasteiger partial charge in [-0.15, -0.1) is 0 Å². The minimum absolute atomic E-state index is 0.0546. The van der Waals surface area contributed by atoms with Crippen molar-refractivity contribution < 1.29 is 23.7 Å². The summed E-state index contributed by atoms with van der Waals surface area (Å²) in [6.45, 7) is 0.0546. The number of para-hydroxylation sites is 1. The number of nitro benzene ring substituents is 1. The molecule has 0 spiro atoms. The van der Waals surface area contributed by atoms with E-state index < -0.39 is 22.5 Å². The predicted molar refractivity (Wildman–Crippen MR) is 110 cm³/mol. The van der Waals surface area contributed by atoms with Crippen molar-refractivity contribution in [3.05, 3.63) is 87.4 Å². The van der Waals surface area contributed by atoms with Crippen molar-refractivity contribution in [2.24, 2.45) is 0 Å². The molecule has 2 aromatic carbocycles. The number of rotatable bonds is 4. The van der Waals surface area contributed by atoms with Gasteiger partial charge in [0.25, 0.3) is 23.3 Å². The van der Waals surface area contributed by atoms with Crippen LogP contribution in [0.3, 0.4) is 0 Å². The molecule has 9 nitrogen and oxygen atoms in total. The van der Waals surface area contributed by atoms with Crippen LogP contribution in [0.25, 0.3) is 11.6 Å². The fourth-order valence-electron chi connectivity index (χ4n) is 3.69. The van der Waals surface area contributed by atoms with E-state index in [1.807, 2.05) is 0 Å². The summed E-state index contributed by atoms with van der Waals surface area (Å²) in [5.74, 6) is -0.838. The second kappa shape index (κ2) is 6.77. The standard InChI is InChI=1S/C22H13N3O6/c26-20-15-3-1-2-4-19(15)24(22(20)28)11-14-7-6-13(31-14)10-17-16-9-12(25(29)30)5-8-18(16)23-21(17)27/h1-10H,11H2,(H,23,27)/b17-10+. The van der Waals surface area contributed by atoms with E-state index in [2.05, 4.69) is 5.32 Å². The number of carbonyl (C=O) groups excluding carboxylic acids is 3. The third-order valence-electron chi connectivity index (χ3n) is 5.16. The molecule has 0 saturated carbocycles. The SMILES string of the molecule is O=C1Nc2ccc([N+](=O)[O-])cc2/C1=C\c1ccc(CN2C(=O)C(=O)c3ccccc32)o1. The smallest absolute Gasteiger partial charge is 0.299 e. The van der Waals surface area contributed by atoms with Gasteiger partial charge in [0.15, 0.2) is 0 Å². The molecule has 3 heterocycles. The Morgan fingerprint density at radius 3 is 2.65 bits per heavy atom. The molecule has 1 aromatic heterocycles. The molecule has 3 aromatic rings. The highest BCUT2D eigenvalue weighted by Gasteiger charge is 2.36. The second-order valence-electron chi connectivity index (χ2n) is 7.04. The summed E-state index contributed by atoms with van der Waals surface area (Å²) in [5.41, 5.74) is 1.86. The Balaban J connectivity index is 1.44. The summed E-state index contributed by atoms with van der Waals surface area (Å²) < 4.78 is 5.75. The van der Waals surface area contributed by atoms with E-state index >= 15 is 0 Å². The molecule has 31 heavy (non-hydrogen) atoms. The van der Waals surface area contributed by atoms with Crippen LogP contribution in [0.2, 0.25) is 0 Å². The van der Waals surface area contributed by atoms with Gasteiger partial charge in [0.2, 0.25) is 0 Å². The highest BCUT2D eigenvalue weighted by molar-refractivity contribution is 6.52. The minimum atomic E-state index is -0.631. The normalized spacial score (nSPS) is 15.9. The Kier molecular flexibility index (Phi) is 4.04. The van der Waals surface area contributed by atoms with E-state index in [-0.39, 0.29) is 17.8 Å². The number of hydrogen-bond acceptors (Lipinski definition) is 6. The number of nitrogens with one attached hydrogen (secondary N) is 1. The highest BCUT2D eigenvalue weighted by atomic mass is 16.6. The number of anilines is 2. The number of benzene rings is 2. The number of nitro groups is 1. The first kappa shape index (κ1) is 18.5. The van der Waals surface area contributed by atoms with Gasteiger partial charge in [-0.1, -0.05) is 12.1 Å². The van der Waals surface area contributed by atoms with Crippen molar-refractivity contribution in [2.45, 2.75) is 6.54 Å². The predicted octanol–water partition coefficient (Wildman–Crippen LogP) is 3.41. The summed E-state index contributed by atoms with van der Waals surface area (Å²) in [6, 6.07) is 14.1. The number of hydrogen-bond donors (Lipinski definition) is 1. The van der Waals surface area contributed by atoms with Gasteiger partial charge in [-0.2, -0.15) is 0 Å². The maximum absolute atomic E-state index is 12.3. The molecule has 2 aliphatic heterocycles. The number of furan rings is 1. The van der Waals surface area contributed by atoms with E-state index in [1.54, 1.807) is 36.4 Å². The van der Waals surface area contributed by atoms with Gasteiger partial charge in [0, 0.05) is 23.4 Å². The molecule has 0 radical (unpaired) electrons. The van der Waals surface area contributed by atoms with Gasteiger partial charge in [-0.3, -0.25) is 29.4 Å². The van der Waals surface area contributed by atoms with Crippen LogP contribution >= 0.6 is 0 Å². The Morgan fingerprint density at radius 2 is 1.84 bits per heavy atom. The molecular weight excluding hydrogens is 402 g/mol. The third kappa shape index (κ3) is 2.99. The van der Waals surface area contributed by atoms with Crippen molar-refractivity contribution in [1.82, 2.24) is 0 Å². The maximum Gasteiger partial charge on any atom is 0.299 e. The molecule has 0 fully saturated rings. The number of carbonyl (C=O) groups is 3. The Bertz CT molecular complexity index is 1340. The molecule has 0 saturated heterocycles. The maximum atomic E-state index is 12.3. The van der Waals surface area contributed by atoms with Crippen molar-refractivity contribution in [1.29, 1.82) is 0 Å². The highest BCUT2D eigenvalue weighted by Crippen LogP contribution is 2.36. The van der Waals surface area contributed by atoms with Gasteiger partial charge in [-0.25, -0.2) is 0 Å². The summed E-state index contributed by atoms with van der Waals surface area (Å²) in [4.78, 5) is 48.7. The average Bonchev–Trinajstić information content (AvgIpc) is 3.40. The van der Waals surface area contributed by atoms with Crippen LogP contribution in [0.1, 0.15) is 27.4 Å². The van der Waals surface area contributed by atoms with E-state index in [1.165, 1.54) is 29.2 Å². The lowest BCUT2D eigenvalue weighted by atomic mass is 10.1. The van der Waals surface area contributed by atoms with Crippen molar-refractivity contribution in [3.63, 3.8) is 0 Å². The second-order valence-corrected chi connectivity index (χ2v) is 7.04. The van der Waals surface area contributed by atoms with Crippen LogP contribution in [-0.4, -0.2) is 22.5 Å². The molecule has 2 aliphatic rings. The minimum Gasteiger partial charge on any atom is -0.460 e. The van der Waals surface area contributed by atoms with E-state index in [0.717, 1.165) is 0 Å². The van der Waals surface area contributed by atoms with Crippen LogP contribution in [-0.2, 0) is 16.1 Å². The Labute approximate surface area is 174 Å². The molecular formula is C22H13N3O6. The lowest BCUT2D eigenvalue weighted by molar-refractivity contribution is -0.384. The number of nitrogens with zero attached hydrogens (tertiary/aromatic N) is 2. The van der Waals surface area contributed by atoms with Crippen molar-refractivity contribution >= 4 is 46.3 Å². The molecule has 9 heteroatoms. The topological polar surface area (TPSA) is 123 Å². The van der Waals surface area contributed by atoms with Crippen molar-refractivity contribution in [3.8, 4) is 0 Å². The summed E-state index contributed by atoms with van der Waals surface area (Å²) in [6.07, 6.45) is 1.49. The number of amides is 2. The largest absolute Gasteiger partial charge is 0.460 e. The van der Waals surface area contributed by atoms with Gasteiger partial charge in [0.1, 0.15) is 11.5 Å². The summed E-state index contributed by atoms with van der Waals surface area (Å²) in [7, 11) is 0. The van der Waals surface area contributed by atoms with Crippen LogP contribution in [0.15, 0.2) is 59.0 Å². The quantitative estimate of drug-likeness (QED) is 0.301. The zero-order chi connectivity index (χ0) is 21.7. The van der Waals surface area contributed by atoms with Crippen LogP contribution in [0.5, 0.6) is 0 Å².